The van der Waals surface area contributed by atoms with Crippen molar-refractivity contribution < 1.29 is 14.3 Å². The fraction of sp³-hybridized carbons (Fsp3) is 0.0606. The minimum atomic E-state index is -1.14. The second kappa shape index (κ2) is 10.2. The van der Waals surface area contributed by atoms with Gasteiger partial charge in [-0.15, -0.1) is 0 Å². The number of hydrogen-bond donors (Lipinski definition) is 1. The Morgan fingerprint density at radius 3 is 2.36 bits per heavy atom. The van der Waals surface area contributed by atoms with E-state index in [1.54, 1.807) is 24.4 Å². The number of H-pyrrole nitrogens is 1. The number of halogens is 1. The number of benzene rings is 4. The highest BCUT2D eigenvalue weighted by Gasteiger charge is 2.30. The molecule has 6 rings (SSSR count). The topological polar surface area (TPSA) is 72.0 Å². The van der Waals surface area contributed by atoms with E-state index >= 15 is 0 Å². The average Bonchev–Trinajstić information content (AvgIpc) is 3.40. The van der Waals surface area contributed by atoms with Crippen LogP contribution in [0.15, 0.2) is 109 Å². The Labute approximate surface area is 230 Å². The maximum atomic E-state index is 14.0. The summed E-state index contributed by atoms with van der Waals surface area (Å²) in [6.45, 7) is 1.84. The van der Waals surface area contributed by atoms with Gasteiger partial charge in [0, 0.05) is 44.2 Å². The molecule has 39 heavy (non-hydrogen) atoms. The number of aromatic nitrogens is 2. The monoisotopic (exact) mass is 530 g/mol. The van der Waals surface area contributed by atoms with Crippen LogP contribution in [0.1, 0.15) is 37.9 Å². The number of Topliss-reactive ketones (excluding diaryl/α,β-unsaturated/α-hetero) is 1. The van der Waals surface area contributed by atoms with Gasteiger partial charge in [-0.2, -0.15) is 0 Å². The minimum absolute atomic E-state index is 0.307. The molecule has 4 aromatic carbocycles. The molecular weight excluding hydrogens is 508 g/mol. The predicted molar refractivity (Wildman–Crippen MR) is 154 cm³/mol. The van der Waals surface area contributed by atoms with Crippen LogP contribution in [-0.4, -0.2) is 21.7 Å². The van der Waals surface area contributed by atoms with Crippen molar-refractivity contribution in [2.75, 3.05) is 0 Å². The third kappa shape index (κ3) is 4.58. The average molecular weight is 531 g/mol. The molecule has 6 heteroatoms. The van der Waals surface area contributed by atoms with Crippen LogP contribution in [0, 0.1) is 6.92 Å². The third-order valence-corrected chi connectivity index (χ3v) is 7.09. The summed E-state index contributed by atoms with van der Waals surface area (Å²) in [5.41, 5.74) is 4.95. The van der Waals surface area contributed by atoms with Crippen molar-refractivity contribution in [3.8, 4) is 11.3 Å². The van der Waals surface area contributed by atoms with E-state index in [0.29, 0.717) is 43.9 Å². The first-order valence-electron chi connectivity index (χ1n) is 12.5. The van der Waals surface area contributed by atoms with Crippen LogP contribution in [0.2, 0.25) is 5.02 Å². The molecule has 190 valence electrons. The predicted octanol–water partition coefficient (Wildman–Crippen LogP) is 8.13. The number of carbonyl (C=O) groups excluding carboxylic acids is 2. The SMILES string of the molecule is Cc1c(-c2cccc(Cl)c2)nc2ccccc2c1C(=O)O[C@H](C(=O)c1c[nH]c2ccccc12)c1ccccc1. The highest BCUT2D eigenvalue weighted by molar-refractivity contribution is 6.30. The number of aromatic amines is 1. The van der Waals surface area contributed by atoms with Gasteiger partial charge in [0.15, 0.2) is 6.10 Å². The van der Waals surface area contributed by atoms with Crippen LogP contribution in [0.4, 0.5) is 0 Å². The van der Waals surface area contributed by atoms with E-state index in [0.717, 1.165) is 16.5 Å². The molecule has 0 saturated carbocycles. The quantitative estimate of drug-likeness (QED) is 0.174. The molecule has 0 saturated heterocycles. The maximum Gasteiger partial charge on any atom is 0.340 e. The lowest BCUT2D eigenvalue weighted by atomic mass is 9.97. The van der Waals surface area contributed by atoms with E-state index in [4.69, 9.17) is 21.3 Å². The zero-order valence-electron chi connectivity index (χ0n) is 21.0. The lowest BCUT2D eigenvalue weighted by Gasteiger charge is -2.20. The molecule has 0 spiro atoms. The zero-order valence-corrected chi connectivity index (χ0v) is 21.8. The van der Waals surface area contributed by atoms with E-state index in [1.807, 2.05) is 91.9 Å². The maximum absolute atomic E-state index is 14.0. The molecule has 2 aromatic heterocycles. The molecule has 1 atom stereocenters. The van der Waals surface area contributed by atoms with Gasteiger partial charge in [0.2, 0.25) is 5.78 Å². The molecule has 1 N–H and O–H groups in total. The summed E-state index contributed by atoms with van der Waals surface area (Å²) in [5.74, 6) is -0.908. The van der Waals surface area contributed by atoms with Crippen molar-refractivity contribution in [3.05, 3.63) is 137 Å². The van der Waals surface area contributed by atoms with Crippen molar-refractivity contribution in [2.24, 2.45) is 0 Å². The fourth-order valence-electron chi connectivity index (χ4n) is 4.97. The van der Waals surface area contributed by atoms with E-state index in [9.17, 15) is 9.59 Å². The van der Waals surface area contributed by atoms with E-state index in [1.165, 1.54) is 0 Å². The highest BCUT2D eigenvalue weighted by atomic mass is 35.5. The first-order valence-corrected chi connectivity index (χ1v) is 12.9. The fourth-order valence-corrected chi connectivity index (χ4v) is 5.16. The van der Waals surface area contributed by atoms with Crippen LogP contribution in [0.5, 0.6) is 0 Å². The van der Waals surface area contributed by atoms with Gasteiger partial charge in [-0.1, -0.05) is 90.5 Å². The van der Waals surface area contributed by atoms with Crippen LogP contribution in [-0.2, 0) is 4.74 Å². The summed E-state index contributed by atoms with van der Waals surface area (Å²) < 4.78 is 6.10. The molecular formula is C33H23ClN2O3. The number of nitrogens with zero attached hydrogens (tertiary/aromatic N) is 1. The summed E-state index contributed by atoms with van der Waals surface area (Å²) in [6, 6.07) is 31.4. The summed E-state index contributed by atoms with van der Waals surface area (Å²) in [5, 5.41) is 1.99. The molecule has 2 heterocycles. The Morgan fingerprint density at radius 2 is 1.56 bits per heavy atom. The standard InChI is InChI=1S/C33H23ClN2O3/c1-20-29(25-15-6-8-17-28(25)36-30(20)22-12-9-13-23(34)18-22)33(38)39-32(21-10-3-2-4-11-21)31(37)26-19-35-27-16-7-5-14-24(26)27/h2-19,32,35H,1H3/t32-/m0/s1. The number of para-hydroxylation sites is 2. The third-order valence-electron chi connectivity index (χ3n) is 6.86. The van der Waals surface area contributed by atoms with Crippen molar-refractivity contribution in [1.29, 1.82) is 0 Å². The second-order valence-electron chi connectivity index (χ2n) is 9.30. The first kappa shape index (κ1) is 24.6. The second-order valence-corrected chi connectivity index (χ2v) is 9.73. The molecule has 0 aliphatic carbocycles. The minimum Gasteiger partial charge on any atom is -0.445 e. The Morgan fingerprint density at radius 1 is 0.846 bits per heavy atom. The summed E-state index contributed by atoms with van der Waals surface area (Å²) in [4.78, 5) is 35.9. The van der Waals surface area contributed by atoms with Gasteiger partial charge in [0.05, 0.1) is 16.8 Å². The molecule has 0 aliphatic heterocycles. The van der Waals surface area contributed by atoms with Crippen molar-refractivity contribution in [2.45, 2.75) is 13.0 Å². The van der Waals surface area contributed by atoms with Crippen LogP contribution < -0.4 is 0 Å². The van der Waals surface area contributed by atoms with Crippen molar-refractivity contribution >= 4 is 45.2 Å². The zero-order chi connectivity index (χ0) is 26.9. The lowest BCUT2D eigenvalue weighted by molar-refractivity contribution is 0.0282. The Hall–Kier alpha value is -4.74. The smallest absolute Gasteiger partial charge is 0.340 e. The number of nitrogens with one attached hydrogen (secondary N) is 1. The normalized spacial score (nSPS) is 11.9. The highest BCUT2D eigenvalue weighted by Crippen LogP contribution is 2.34. The molecule has 0 radical (unpaired) electrons. The molecule has 0 fully saturated rings. The van der Waals surface area contributed by atoms with Gasteiger partial charge in [-0.05, 0) is 36.8 Å². The largest absolute Gasteiger partial charge is 0.445 e. The first-order chi connectivity index (χ1) is 19.0. The summed E-state index contributed by atoms with van der Waals surface area (Å²) in [7, 11) is 0. The Kier molecular flexibility index (Phi) is 6.43. The van der Waals surface area contributed by atoms with E-state index in [2.05, 4.69) is 4.98 Å². The van der Waals surface area contributed by atoms with Crippen molar-refractivity contribution in [1.82, 2.24) is 9.97 Å². The van der Waals surface area contributed by atoms with Crippen LogP contribution in [0.25, 0.3) is 33.1 Å². The van der Waals surface area contributed by atoms with Crippen molar-refractivity contribution in [3.63, 3.8) is 0 Å². The number of carbonyl (C=O) groups is 2. The number of ether oxygens (including phenoxy) is 1. The number of hydrogen-bond acceptors (Lipinski definition) is 4. The van der Waals surface area contributed by atoms with Gasteiger partial charge in [0.25, 0.3) is 0 Å². The summed E-state index contributed by atoms with van der Waals surface area (Å²) >= 11 is 6.27. The van der Waals surface area contributed by atoms with Gasteiger partial charge in [-0.25, -0.2) is 9.78 Å². The van der Waals surface area contributed by atoms with Crippen LogP contribution in [0.3, 0.4) is 0 Å². The number of pyridine rings is 1. The molecule has 0 amide bonds. The van der Waals surface area contributed by atoms with Gasteiger partial charge < -0.3 is 9.72 Å². The molecule has 6 aromatic rings. The number of ketones is 1. The number of rotatable bonds is 6. The lowest BCUT2D eigenvalue weighted by Crippen LogP contribution is -2.21. The molecule has 0 aliphatic rings. The number of fused-ring (bicyclic) bond motifs is 2. The van der Waals surface area contributed by atoms with Gasteiger partial charge in [-0.3, -0.25) is 4.79 Å². The van der Waals surface area contributed by atoms with Crippen LogP contribution >= 0.6 is 11.6 Å². The van der Waals surface area contributed by atoms with Gasteiger partial charge in [0.1, 0.15) is 0 Å². The summed E-state index contributed by atoms with van der Waals surface area (Å²) in [6.07, 6.45) is 0.528. The van der Waals surface area contributed by atoms with E-state index in [-0.39, 0.29) is 5.78 Å². The molecule has 5 nitrogen and oxygen atoms in total. The number of esters is 1. The van der Waals surface area contributed by atoms with E-state index < -0.39 is 12.1 Å². The molecule has 0 unspecified atom stereocenters. The Bertz CT molecular complexity index is 1860. The molecule has 0 bridgehead atoms. The Balaban J connectivity index is 1.47. The van der Waals surface area contributed by atoms with Gasteiger partial charge >= 0.3 is 5.97 Å².